The molecular formula is C20H21N3O2. The van der Waals surface area contributed by atoms with Crippen molar-refractivity contribution in [2.45, 2.75) is 13.0 Å². The maximum Gasteiger partial charge on any atom is 0.415 e. The predicted molar refractivity (Wildman–Crippen MR) is 95.1 cm³/mol. The molecule has 0 aromatic heterocycles. The summed E-state index contributed by atoms with van der Waals surface area (Å²) < 4.78 is 5.38. The maximum absolute atomic E-state index is 12.2. The molecule has 1 saturated heterocycles. The summed E-state index contributed by atoms with van der Waals surface area (Å²) in [7, 11) is 0. The highest BCUT2D eigenvalue weighted by Gasteiger charge is 2.27. The topological polar surface area (TPSA) is 56.6 Å². The van der Waals surface area contributed by atoms with E-state index in [0.717, 1.165) is 5.56 Å². The molecule has 1 aliphatic rings. The zero-order chi connectivity index (χ0) is 17.6. The number of carbonyl (C=O) groups is 1. The van der Waals surface area contributed by atoms with E-state index in [-0.39, 0.29) is 12.1 Å². The van der Waals surface area contributed by atoms with E-state index >= 15 is 0 Å². The Bertz CT molecular complexity index is 745. The molecule has 1 fully saturated rings. The smallest absolute Gasteiger partial charge is 0.410 e. The van der Waals surface area contributed by atoms with Crippen LogP contribution in [0.1, 0.15) is 17.2 Å². The number of rotatable bonds is 3. The molecule has 1 amide bonds. The Morgan fingerprint density at radius 1 is 1.04 bits per heavy atom. The Labute approximate surface area is 148 Å². The highest BCUT2D eigenvalue weighted by molar-refractivity contribution is 5.70. The monoisotopic (exact) mass is 335 g/mol. The van der Waals surface area contributed by atoms with Crippen molar-refractivity contribution in [1.82, 2.24) is 9.80 Å². The number of nitriles is 1. The van der Waals surface area contributed by atoms with Gasteiger partial charge < -0.3 is 9.64 Å². The van der Waals surface area contributed by atoms with Gasteiger partial charge in [0.05, 0.1) is 6.07 Å². The lowest BCUT2D eigenvalue weighted by Crippen LogP contribution is -2.50. The highest BCUT2D eigenvalue weighted by atomic mass is 16.6. The van der Waals surface area contributed by atoms with Crippen molar-refractivity contribution in [2.24, 2.45) is 0 Å². The van der Waals surface area contributed by atoms with Crippen molar-refractivity contribution in [1.29, 1.82) is 5.26 Å². The van der Waals surface area contributed by atoms with E-state index in [9.17, 15) is 10.1 Å². The highest BCUT2D eigenvalue weighted by Crippen LogP contribution is 2.22. The van der Waals surface area contributed by atoms with Gasteiger partial charge in [-0.3, -0.25) is 4.90 Å². The molecule has 25 heavy (non-hydrogen) atoms. The van der Waals surface area contributed by atoms with E-state index in [2.05, 4.69) is 11.0 Å². The molecule has 5 nitrogen and oxygen atoms in total. The van der Waals surface area contributed by atoms with Gasteiger partial charge in [0.25, 0.3) is 0 Å². The van der Waals surface area contributed by atoms with Crippen LogP contribution in [-0.2, 0) is 0 Å². The molecule has 3 rings (SSSR count). The number of carbonyl (C=O) groups excluding carboxylic acids is 1. The minimum absolute atomic E-state index is 0.284. The van der Waals surface area contributed by atoms with Gasteiger partial charge in [-0.2, -0.15) is 5.26 Å². The molecule has 0 saturated carbocycles. The van der Waals surface area contributed by atoms with Gasteiger partial charge in [0.15, 0.2) is 0 Å². The van der Waals surface area contributed by atoms with Gasteiger partial charge in [-0.1, -0.05) is 48.0 Å². The predicted octanol–water partition coefficient (Wildman–Crippen LogP) is 3.38. The number of para-hydroxylation sites is 1. The molecule has 1 heterocycles. The normalized spacial score (nSPS) is 16.1. The molecule has 0 N–H and O–H groups in total. The standard InChI is InChI=1S/C20H21N3O2/c1-16-7-9-17(10-8-16)19(15-21)22-11-13-23(14-12-22)20(24)25-18-5-3-2-4-6-18/h2-10,19H,11-14H2,1H3. The molecule has 5 heteroatoms. The summed E-state index contributed by atoms with van der Waals surface area (Å²) in [4.78, 5) is 16.0. The molecule has 0 bridgehead atoms. The Kier molecular flexibility index (Phi) is 5.32. The molecule has 128 valence electrons. The second-order valence-corrected chi connectivity index (χ2v) is 6.15. The summed E-state index contributed by atoms with van der Waals surface area (Å²) in [6.07, 6.45) is -0.338. The molecule has 1 aliphatic heterocycles. The largest absolute Gasteiger partial charge is 0.415 e. The lowest BCUT2D eigenvalue weighted by Gasteiger charge is -2.36. The van der Waals surface area contributed by atoms with Crippen LogP contribution in [0.15, 0.2) is 54.6 Å². The van der Waals surface area contributed by atoms with Gasteiger partial charge >= 0.3 is 6.09 Å². The van der Waals surface area contributed by atoms with Crippen LogP contribution in [0.2, 0.25) is 0 Å². The van der Waals surface area contributed by atoms with Crippen LogP contribution in [-0.4, -0.2) is 42.1 Å². The number of amides is 1. The molecule has 0 aliphatic carbocycles. The first-order valence-electron chi connectivity index (χ1n) is 8.39. The quantitative estimate of drug-likeness (QED) is 0.863. The molecule has 0 spiro atoms. The number of hydrogen-bond acceptors (Lipinski definition) is 4. The number of ether oxygens (including phenoxy) is 1. The molecule has 1 unspecified atom stereocenters. The Balaban J connectivity index is 1.58. The fourth-order valence-corrected chi connectivity index (χ4v) is 2.93. The molecule has 0 radical (unpaired) electrons. The SMILES string of the molecule is Cc1ccc(C(C#N)N2CCN(C(=O)Oc3ccccc3)CC2)cc1. The minimum atomic E-state index is -0.338. The third-order valence-electron chi connectivity index (χ3n) is 4.40. The van der Waals surface area contributed by atoms with E-state index in [1.54, 1.807) is 17.0 Å². The van der Waals surface area contributed by atoms with Crippen LogP contribution in [0.5, 0.6) is 5.75 Å². The van der Waals surface area contributed by atoms with Gasteiger partial charge in [-0.25, -0.2) is 4.79 Å². The summed E-state index contributed by atoms with van der Waals surface area (Å²) in [5.41, 5.74) is 2.17. The van der Waals surface area contributed by atoms with E-state index in [4.69, 9.17) is 4.74 Å². The van der Waals surface area contributed by atoms with Crippen molar-refractivity contribution < 1.29 is 9.53 Å². The van der Waals surface area contributed by atoms with Crippen LogP contribution in [0.4, 0.5) is 4.79 Å². The van der Waals surface area contributed by atoms with Crippen LogP contribution in [0.3, 0.4) is 0 Å². The van der Waals surface area contributed by atoms with Gasteiger partial charge in [0, 0.05) is 26.2 Å². The number of nitrogens with zero attached hydrogens (tertiary/aromatic N) is 3. The average Bonchev–Trinajstić information content (AvgIpc) is 2.65. The third-order valence-corrected chi connectivity index (χ3v) is 4.40. The van der Waals surface area contributed by atoms with E-state index < -0.39 is 0 Å². The lowest BCUT2D eigenvalue weighted by atomic mass is 10.0. The fourth-order valence-electron chi connectivity index (χ4n) is 2.93. The lowest BCUT2D eigenvalue weighted by molar-refractivity contribution is 0.100. The maximum atomic E-state index is 12.2. The van der Waals surface area contributed by atoms with Crippen molar-refractivity contribution >= 4 is 6.09 Å². The molecule has 1 atom stereocenters. The number of benzene rings is 2. The van der Waals surface area contributed by atoms with Gasteiger partial charge in [0.2, 0.25) is 0 Å². The van der Waals surface area contributed by atoms with Crippen molar-refractivity contribution in [3.8, 4) is 11.8 Å². The summed E-state index contributed by atoms with van der Waals surface area (Å²) in [6.45, 7) is 4.43. The first kappa shape index (κ1) is 17.0. The third kappa shape index (κ3) is 4.17. The first-order chi connectivity index (χ1) is 12.2. The zero-order valence-electron chi connectivity index (χ0n) is 14.3. The number of piperazine rings is 1. The van der Waals surface area contributed by atoms with Crippen molar-refractivity contribution in [3.05, 3.63) is 65.7 Å². The number of aryl methyl sites for hydroxylation is 1. The molecule has 2 aromatic rings. The summed E-state index contributed by atoms with van der Waals surface area (Å²) >= 11 is 0. The molecular weight excluding hydrogens is 314 g/mol. The second-order valence-electron chi connectivity index (χ2n) is 6.15. The van der Waals surface area contributed by atoms with Crippen LogP contribution in [0.25, 0.3) is 0 Å². The van der Waals surface area contributed by atoms with Crippen molar-refractivity contribution in [2.75, 3.05) is 26.2 Å². The summed E-state index contributed by atoms with van der Waals surface area (Å²) in [5, 5.41) is 9.57. The minimum Gasteiger partial charge on any atom is -0.410 e. The van der Waals surface area contributed by atoms with E-state index in [1.165, 1.54) is 5.56 Å². The zero-order valence-corrected chi connectivity index (χ0v) is 14.3. The van der Waals surface area contributed by atoms with Crippen LogP contribution < -0.4 is 4.74 Å². The van der Waals surface area contributed by atoms with Crippen LogP contribution in [0, 0.1) is 18.3 Å². The van der Waals surface area contributed by atoms with E-state index in [0.29, 0.717) is 31.9 Å². The Hall–Kier alpha value is -2.84. The van der Waals surface area contributed by atoms with Crippen molar-refractivity contribution in [3.63, 3.8) is 0 Å². The second kappa shape index (κ2) is 7.82. The molecule has 2 aromatic carbocycles. The fraction of sp³-hybridized carbons (Fsp3) is 0.300. The summed E-state index contributed by atoms with van der Waals surface area (Å²) in [5.74, 6) is 0.546. The summed E-state index contributed by atoms with van der Waals surface area (Å²) in [6, 6.07) is 19.2. The Morgan fingerprint density at radius 3 is 2.28 bits per heavy atom. The first-order valence-corrected chi connectivity index (χ1v) is 8.39. The number of hydrogen-bond donors (Lipinski definition) is 0. The van der Waals surface area contributed by atoms with Gasteiger partial charge in [0.1, 0.15) is 11.8 Å². The van der Waals surface area contributed by atoms with Gasteiger partial charge in [-0.15, -0.1) is 0 Å². The van der Waals surface area contributed by atoms with Gasteiger partial charge in [-0.05, 0) is 24.6 Å². The Morgan fingerprint density at radius 2 is 1.68 bits per heavy atom. The van der Waals surface area contributed by atoms with Crippen LogP contribution >= 0.6 is 0 Å². The average molecular weight is 335 g/mol. The van der Waals surface area contributed by atoms with E-state index in [1.807, 2.05) is 49.4 Å².